The van der Waals surface area contributed by atoms with E-state index in [0.717, 1.165) is 38.3 Å². The van der Waals surface area contributed by atoms with Gasteiger partial charge in [0.25, 0.3) is 5.91 Å². The quantitative estimate of drug-likeness (QED) is 0.708. The van der Waals surface area contributed by atoms with Crippen LogP contribution in [0.25, 0.3) is 0 Å². The molecule has 1 fully saturated rings. The van der Waals surface area contributed by atoms with E-state index in [1.54, 1.807) is 0 Å². The maximum atomic E-state index is 12.8. The van der Waals surface area contributed by atoms with Gasteiger partial charge in [-0.25, -0.2) is 9.97 Å². The molecular weight excluding hydrogens is 386 g/mol. The number of carbonyl (C=O) groups is 1. The first-order valence-electron chi connectivity index (χ1n) is 10.5. The Morgan fingerprint density at radius 1 is 1.14 bits per heavy atom. The van der Waals surface area contributed by atoms with Crippen molar-refractivity contribution in [3.05, 3.63) is 52.3 Å². The van der Waals surface area contributed by atoms with Crippen LogP contribution >= 0.6 is 11.6 Å². The summed E-state index contributed by atoms with van der Waals surface area (Å²) in [7, 11) is 0. The van der Waals surface area contributed by atoms with E-state index in [0.29, 0.717) is 12.5 Å². The largest absolute Gasteiger partial charge is 0.347 e. The van der Waals surface area contributed by atoms with Gasteiger partial charge < -0.3 is 10.2 Å². The van der Waals surface area contributed by atoms with Gasteiger partial charge in [0.15, 0.2) is 5.69 Å². The van der Waals surface area contributed by atoms with Crippen molar-refractivity contribution < 1.29 is 4.79 Å². The molecule has 1 saturated heterocycles. The highest BCUT2D eigenvalue weighted by atomic mass is 35.5. The van der Waals surface area contributed by atoms with Crippen molar-refractivity contribution in [2.75, 3.05) is 31.1 Å². The van der Waals surface area contributed by atoms with Crippen molar-refractivity contribution in [2.24, 2.45) is 0 Å². The van der Waals surface area contributed by atoms with Crippen molar-refractivity contribution in [3.8, 4) is 0 Å². The topological polar surface area (TPSA) is 61.4 Å². The van der Waals surface area contributed by atoms with E-state index in [4.69, 9.17) is 11.6 Å². The number of aromatic nitrogens is 2. The van der Waals surface area contributed by atoms with Crippen molar-refractivity contribution in [1.82, 2.24) is 20.2 Å². The predicted octanol–water partition coefficient (Wildman–Crippen LogP) is 3.89. The Morgan fingerprint density at radius 2 is 1.83 bits per heavy atom. The van der Waals surface area contributed by atoms with Gasteiger partial charge in [-0.3, -0.25) is 9.69 Å². The standard InChI is InChI=1S/C22H30ClN5O/c1-3-28(4-2)22-25-15-19(23)20(26-22)21(29)24-14-17-10-6-7-11-18(17)16-27-12-8-5-9-13-27/h6-7,10-11,15H,3-5,8-9,12-14,16H2,1-2H3,(H,24,29). The van der Waals surface area contributed by atoms with Gasteiger partial charge in [-0.15, -0.1) is 0 Å². The molecule has 0 atom stereocenters. The Bertz CT molecular complexity index is 819. The van der Waals surface area contributed by atoms with Crippen LogP contribution in [0.3, 0.4) is 0 Å². The molecule has 3 rings (SSSR count). The Morgan fingerprint density at radius 3 is 2.52 bits per heavy atom. The average Bonchev–Trinajstić information content (AvgIpc) is 2.75. The zero-order chi connectivity index (χ0) is 20.6. The Hall–Kier alpha value is -2.18. The molecule has 1 aliphatic rings. The second-order valence-corrected chi connectivity index (χ2v) is 7.73. The van der Waals surface area contributed by atoms with Gasteiger partial charge in [0.05, 0.1) is 11.2 Å². The van der Waals surface area contributed by atoms with E-state index < -0.39 is 0 Å². The number of carbonyl (C=O) groups excluding carboxylic acids is 1. The Balaban J connectivity index is 1.69. The average molecular weight is 416 g/mol. The zero-order valence-corrected chi connectivity index (χ0v) is 18.1. The monoisotopic (exact) mass is 415 g/mol. The highest BCUT2D eigenvalue weighted by Gasteiger charge is 2.17. The van der Waals surface area contributed by atoms with E-state index in [1.165, 1.54) is 31.0 Å². The highest BCUT2D eigenvalue weighted by molar-refractivity contribution is 6.33. The van der Waals surface area contributed by atoms with Crippen LogP contribution in [0.5, 0.6) is 0 Å². The summed E-state index contributed by atoms with van der Waals surface area (Å²) >= 11 is 6.21. The number of piperidine rings is 1. The molecule has 0 bridgehead atoms. The number of benzene rings is 1. The highest BCUT2D eigenvalue weighted by Crippen LogP contribution is 2.18. The molecule has 1 N–H and O–H groups in total. The Kier molecular flexibility index (Phi) is 7.83. The molecule has 2 aromatic rings. The van der Waals surface area contributed by atoms with Crippen molar-refractivity contribution in [1.29, 1.82) is 0 Å². The third kappa shape index (κ3) is 5.67. The fraction of sp³-hybridized carbons (Fsp3) is 0.500. The van der Waals surface area contributed by atoms with E-state index >= 15 is 0 Å². The van der Waals surface area contributed by atoms with Crippen molar-refractivity contribution in [2.45, 2.75) is 46.2 Å². The molecule has 0 radical (unpaired) electrons. The summed E-state index contributed by atoms with van der Waals surface area (Å²) in [5.41, 5.74) is 2.60. The number of halogens is 1. The normalized spacial score (nSPS) is 14.6. The van der Waals surface area contributed by atoms with Gasteiger partial charge in [-0.05, 0) is 50.9 Å². The predicted molar refractivity (Wildman–Crippen MR) is 117 cm³/mol. The molecule has 2 heterocycles. The lowest BCUT2D eigenvalue weighted by Crippen LogP contribution is -2.30. The summed E-state index contributed by atoms with van der Waals surface area (Å²) < 4.78 is 0. The van der Waals surface area contributed by atoms with Crippen LogP contribution in [-0.2, 0) is 13.1 Å². The summed E-state index contributed by atoms with van der Waals surface area (Å²) in [6.07, 6.45) is 5.35. The fourth-order valence-corrected chi connectivity index (χ4v) is 3.85. The maximum Gasteiger partial charge on any atom is 0.271 e. The minimum absolute atomic E-state index is 0.220. The van der Waals surface area contributed by atoms with E-state index in [1.807, 2.05) is 24.8 Å². The minimum atomic E-state index is -0.279. The Labute approximate surface area is 178 Å². The zero-order valence-electron chi connectivity index (χ0n) is 17.3. The summed E-state index contributed by atoms with van der Waals surface area (Å²) in [6.45, 7) is 9.25. The number of rotatable bonds is 8. The molecule has 0 spiro atoms. The number of hydrogen-bond donors (Lipinski definition) is 1. The van der Waals surface area contributed by atoms with E-state index in [9.17, 15) is 4.79 Å². The van der Waals surface area contributed by atoms with Gasteiger partial charge in [0.1, 0.15) is 0 Å². The second-order valence-electron chi connectivity index (χ2n) is 7.33. The van der Waals surface area contributed by atoms with Crippen LogP contribution in [0.15, 0.2) is 30.5 Å². The summed E-state index contributed by atoms with van der Waals surface area (Å²) in [5.74, 6) is 0.244. The van der Waals surface area contributed by atoms with E-state index in [2.05, 4.69) is 38.4 Å². The number of likely N-dealkylation sites (tertiary alicyclic amines) is 1. The van der Waals surface area contributed by atoms with Crippen LogP contribution in [0.2, 0.25) is 5.02 Å². The van der Waals surface area contributed by atoms with Gasteiger partial charge in [-0.1, -0.05) is 42.3 Å². The lowest BCUT2D eigenvalue weighted by Gasteiger charge is -2.27. The van der Waals surface area contributed by atoms with Crippen LogP contribution < -0.4 is 10.2 Å². The molecular formula is C22H30ClN5O. The lowest BCUT2D eigenvalue weighted by molar-refractivity contribution is 0.0945. The van der Waals surface area contributed by atoms with Gasteiger partial charge >= 0.3 is 0 Å². The number of nitrogens with zero attached hydrogens (tertiary/aromatic N) is 4. The molecule has 0 aliphatic carbocycles. The second kappa shape index (κ2) is 10.6. The van der Waals surface area contributed by atoms with Crippen molar-refractivity contribution >= 4 is 23.5 Å². The fourth-order valence-electron chi connectivity index (χ4n) is 3.68. The number of amides is 1. The summed E-state index contributed by atoms with van der Waals surface area (Å²) in [6, 6.07) is 8.29. The molecule has 0 unspecified atom stereocenters. The summed E-state index contributed by atoms with van der Waals surface area (Å²) in [5, 5.41) is 3.25. The van der Waals surface area contributed by atoms with Crippen LogP contribution in [0.1, 0.15) is 54.7 Å². The summed E-state index contributed by atoms with van der Waals surface area (Å²) in [4.78, 5) is 25.9. The number of nitrogens with one attached hydrogen (secondary N) is 1. The first-order valence-corrected chi connectivity index (χ1v) is 10.8. The van der Waals surface area contributed by atoms with Gasteiger partial charge in [0, 0.05) is 26.2 Å². The van der Waals surface area contributed by atoms with Crippen LogP contribution in [-0.4, -0.2) is 47.0 Å². The smallest absolute Gasteiger partial charge is 0.271 e. The van der Waals surface area contributed by atoms with Crippen molar-refractivity contribution in [3.63, 3.8) is 0 Å². The molecule has 1 aliphatic heterocycles. The third-order valence-electron chi connectivity index (χ3n) is 5.39. The molecule has 1 aromatic heterocycles. The molecule has 1 aromatic carbocycles. The molecule has 7 heteroatoms. The third-order valence-corrected chi connectivity index (χ3v) is 5.67. The first kappa shape index (κ1) is 21.5. The van der Waals surface area contributed by atoms with E-state index in [-0.39, 0.29) is 16.6 Å². The van der Waals surface area contributed by atoms with Crippen LogP contribution in [0, 0.1) is 0 Å². The molecule has 1 amide bonds. The first-order chi connectivity index (χ1) is 14.1. The number of anilines is 1. The molecule has 0 saturated carbocycles. The maximum absolute atomic E-state index is 12.8. The molecule has 29 heavy (non-hydrogen) atoms. The SMILES string of the molecule is CCN(CC)c1ncc(Cl)c(C(=O)NCc2ccccc2CN2CCCCC2)n1. The number of hydrogen-bond acceptors (Lipinski definition) is 5. The molecule has 6 nitrogen and oxygen atoms in total. The molecule has 156 valence electrons. The van der Waals surface area contributed by atoms with Crippen LogP contribution in [0.4, 0.5) is 5.95 Å². The van der Waals surface area contributed by atoms with Gasteiger partial charge in [0.2, 0.25) is 5.95 Å². The van der Waals surface area contributed by atoms with Gasteiger partial charge in [-0.2, -0.15) is 0 Å². The minimum Gasteiger partial charge on any atom is -0.347 e. The lowest BCUT2D eigenvalue weighted by atomic mass is 10.0.